The van der Waals surface area contributed by atoms with E-state index in [0.717, 1.165) is 109 Å². The van der Waals surface area contributed by atoms with Crippen LogP contribution in [0.5, 0.6) is 0 Å². The van der Waals surface area contributed by atoms with Crippen molar-refractivity contribution in [2.75, 3.05) is 78.5 Å². The normalized spacial score (nSPS) is 17.8. The van der Waals surface area contributed by atoms with E-state index >= 15 is 0 Å². The number of carbonyl (C=O) groups excluding carboxylic acids is 7. The van der Waals surface area contributed by atoms with Crippen LogP contribution in [-0.4, -0.2) is 175 Å². The SMILES string of the molecule is CCCCCCCCCCCC(=O)N(CCCCN(CCCN1C(=O)[C@H](CCCCN)[N+]12C(=O)[C@H](CCCCN)N2N[C@@H](C=O)CCCCN)C(=O)CCCCCCCCCCC)CCCNN[C@@H](CCCCN)C(=O)CN[C@@H](C=O)CCCCN. The number of nitrogens with zero attached hydrogens (tertiary/aromatic N) is 5. The van der Waals surface area contributed by atoms with Crippen molar-refractivity contribution in [1.29, 1.82) is 0 Å². The summed E-state index contributed by atoms with van der Waals surface area (Å²) in [6.45, 7) is 9.92. The Labute approximate surface area is 521 Å². The summed E-state index contributed by atoms with van der Waals surface area (Å²) in [5.41, 5.74) is 39.0. The van der Waals surface area contributed by atoms with Gasteiger partial charge in [0.15, 0.2) is 11.8 Å². The number of hydrogen-bond donors (Lipinski definition) is 9. The second kappa shape index (κ2) is 51.4. The molecule has 2 aliphatic heterocycles. The Kier molecular flexibility index (Phi) is 47.1. The van der Waals surface area contributed by atoms with Crippen LogP contribution in [-0.2, 0) is 33.6 Å². The van der Waals surface area contributed by atoms with Gasteiger partial charge in [-0.2, -0.15) is 10.4 Å². The Morgan fingerprint density at radius 3 is 1.47 bits per heavy atom. The zero-order chi connectivity index (χ0) is 62.9. The minimum absolute atomic E-state index is 0.0344. The van der Waals surface area contributed by atoms with Crippen molar-refractivity contribution < 1.29 is 38.3 Å². The van der Waals surface area contributed by atoms with Gasteiger partial charge in [0.25, 0.3) is 0 Å². The predicted molar refractivity (Wildman–Crippen MR) is 347 cm³/mol. The molecule has 86 heavy (non-hydrogen) atoms. The molecule has 0 radical (unpaired) electrons. The summed E-state index contributed by atoms with van der Waals surface area (Å²) in [6, 6.07) is -2.60. The van der Waals surface area contributed by atoms with Gasteiger partial charge in [-0.15, -0.1) is 0 Å². The molecule has 1 spiro atoms. The molecular weight excluding hydrogens is 1090 g/mol. The number of nitrogens with one attached hydrogen (secondary N) is 4. The number of carbonyl (C=O) groups is 7. The van der Waals surface area contributed by atoms with Gasteiger partial charge in [0.1, 0.15) is 12.6 Å². The van der Waals surface area contributed by atoms with Gasteiger partial charge < -0.3 is 53.4 Å². The van der Waals surface area contributed by atoms with Crippen molar-refractivity contribution in [3.8, 4) is 0 Å². The molecule has 2 saturated heterocycles. The smallest absolute Gasteiger partial charge is 0.343 e. The standard InChI is InChI=1S/C65H129N14O7/c1-3-5-7-9-11-13-15-17-19-40-62(83)75(50-33-47-72-73-58(37-23-28-44-68)61(82)53-71-56(54-80)35-21-26-42-66)48-31-32-49-76(63(84)41-20-18-16-14-12-10-8-6-4-2)51-34-52-77-64(85)60(39-25-30-46-70)79(77)65(86)59(38-24-29-45-69)78(79)74-57(55-81)36-22-27-43-67/h54-60,71-74H,3-53,66-70H2,1-2H3/q+1/t56-,57-,58+,59+,60+,79?/m1/s1. The largest absolute Gasteiger partial charge is 0.384 e. The van der Waals surface area contributed by atoms with E-state index in [9.17, 15) is 33.6 Å². The molecule has 2 aliphatic rings. The van der Waals surface area contributed by atoms with E-state index in [1.165, 1.54) is 77.0 Å². The summed E-state index contributed by atoms with van der Waals surface area (Å²) in [6.07, 6.45) is 36.4. The van der Waals surface area contributed by atoms with Crippen molar-refractivity contribution in [3.05, 3.63) is 0 Å². The van der Waals surface area contributed by atoms with E-state index in [2.05, 4.69) is 35.4 Å². The Morgan fingerprint density at radius 2 is 0.965 bits per heavy atom. The van der Waals surface area contributed by atoms with Crippen molar-refractivity contribution in [1.82, 2.24) is 41.5 Å². The predicted octanol–water partition coefficient (Wildman–Crippen LogP) is 7.02. The fraction of sp³-hybridized carbons (Fsp3) is 0.892. The van der Waals surface area contributed by atoms with E-state index in [1.807, 2.05) is 14.9 Å². The molecule has 500 valence electrons. The maximum atomic E-state index is 14.7. The number of hydrogen-bond acceptors (Lipinski definition) is 17. The van der Waals surface area contributed by atoms with Gasteiger partial charge in [0.2, 0.25) is 17.9 Å². The van der Waals surface area contributed by atoms with Crippen LogP contribution in [0.2, 0.25) is 0 Å². The molecular formula is C65H129N14O7+. The van der Waals surface area contributed by atoms with Crippen molar-refractivity contribution in [2.24, 2.45) is 28.7 Å². The Bertz CT molecular complexity index is 1790. The van der Waals surface area contributed by atoms with Crippen LogP contribution in [0, 0.1) is 0 Å². The first-order valence-electron chi connectivity index (χ1n) is 35.0. The summed E-state index contributed by atoms with van der Waals surface area (Å²) in [7, 11) is 0. The molecule has 6 atom stereocenters. The first-order valence-corrected chi connectivity index (χ1v) is 35.0. The number of amides is 4. The van der Waals surface area contributed by atoms with Crippen LogP contribution in [0.1, 0.15) is 264 Å². The number of rotatable bonds is 63. The van der Waals surface area contributed by atoms with Gasteiger partial charge in [0, 0.05) is 52.0 Å². The number of ketones is 1. The Morgan fingerprint density at radius 1 is 0.523 bits per heavy atom. The van der Waals surface area contributed by atoms with Crippen molar-refractivity contribution in [3.63, 3.8) is 0 Å². The molecule has 2 fully saturated rings. The van der Waals surface area contributed by atoms with E-state index in [1.54, 1.807) is 5.01 Å². The quantitative estimate of drug-likeness (QED) is 0.0128. The molecule has 4 amide bonds. The van der Waals surface area contributed by atoms with Crippen molar-refractivity contribution >= 4 is 42.0 Å². The summed E-state index contributed by atoms with van der Waals surface area (Å²) < 4.78 is -0.289. The minimum Gasteiger partial charge on any atom is -0.343 e. The molecule has 0 aromatic carbocycles. The summed E-state index contributed by atoms with van der Waals surface area (Å²) >= 11 is 0. The average Bonchev–Trinajstić information content (AvgIpc) is 0.673. The number of hydrazine groups is 2. The van der Waals surface area contributed by atoms with E-state index < -0.39 is 30.2 Å². The molecule has 21 heteroatoms. The van der Waals surface area contributed by atoms with Crippen LogP contribution in [0.15, 0.2) is 0 Å². The van der Waals surface area contributed by atoms with Crippen LogP contribution in [0.4, 0.5) is 0 Å². The lowest BCUT2D eigenvalue weighted by Gasteiger charge is -2.65. The molecule has 0 saturated carbocycles. The highest BCUT2D eigenvalue weighted by molar-refractivity contribution is 5.92. The average molecular weight is 1220 g/mol. The second-order valence-electron chi connectivity index (χ2n) is 24.7. The van der Waals surface area contributed by atoms with E-state index in [-0.39, 0.29) is 47.2 Å². The molecule has 0 aliphatic carbocycles. The number of unbranched alkanes of at least 4 members (excludes halogenated alkanes) is 22. The van der Waals surface area contributed by atoms with E-state index in [4.69, 9.17) is 28.7 Å². The van der Waals surface area contributed by atoms with Crippen LogP contribution in [0.3, 0.4) is 0 Å². The molecule has 21 nitrogen and oxygen atoms in total. The fourth-order valence-corrected chi connectivity index (χ4v) is 12.2. The van der Waals surface area contributed by atoms with Gasteiger partial charge in [-0.05, 0) is 147 Å². The highest BCUT2D eigenvalue weighted by Gasteiger charge is 2.79. The van der Waals surface area contributed by atoms with Crippen LogP contribution in [0.25, 0.3) is 0 Å². The molecule has 0 aromatic rings. The van der Waals surface area contributed by atoms with Gasteiger partial charge in [-0.25, -0.2) is 10.2 Å². The fourth-order valence-electron chi connectivity index (χ4n) is 12.2. The summed E-state index contributed by atoms with van der Waals surface area (Å²) in [5, 5.41) is 6.65. The number of quaternary nitrogens is 1. The van der Waals surface area contributed by atoms with Crippen LogP contribution < -0.4 is 50.3 Å². The van der Waals surface area contributed by atoms with Crippen LogP contribution >= 0.6 is 0 Å². The minimum atomic E-state index is -0.633. The molecule has 0 aromatic heterocycles. The number of aldehydes is 2. The maximum Gasteiger partial charge on any atom is 0.384 e. The van der Waals surface area contributed by atoms with Gasteiger partial charge in [-0.3, -0.25) is 24.6 Å². The molecule has 0 bridgehead atoms. The maximum absolute atomic E-state index is 14.7. The monoisotopic (exact) mass is 1220 g/mol. The van der Waals surface area contributed by atoms with E-state index in [0.29, 0.717) is 142 Å². The molecule has 2 heterocycles. The molecule has 2 rings (SSSR count). The summed E-state index contributed by atoms with van der Waals surface area (Å²) in [5.74, 6) is 0.00435. The molecule has 1 unspecified atom stereocenters. The third kappa shape index (κ3) is 30.4. The first kappa shape index (κ1) is 78.7. The lowest BCUT2D eigenvalue weighted by Crippen LogP contribution is -2.99. The Hall–Kier alpha value is -3.35. The zero-order valence-corrected chi connectivity index (χ0v) is 54.6. The second-order valence-corrected chi connectivity index (χ2v) is 24.7. The lowest BCUT2D eigenvalue weighted by molar-refractivity contribution is -1.13. The third-order valence-electron chi connectivity index (χ3n) is 17.5. The number of Topliss-reactive ketones (excluding diaryl/α,β-unsaturated/α-hetero) is 1. The number of nitrogens with two attached hydrogens (primary N) is 5. The van der Waals surface area contributed by atoms with Gasteiger partial charge in [-0.1, -0.05) is 141 Å². The topological polar surface area (TPSA) is 311 Å². The lowest BCUT2D eigenvalue weighted by atomic mass is 9.94. The third-order valence-corrected chi connectivity index (χ3v) is 17.5. The zero-order valence-electron chi connectivity index (χ0n) is 54.6. The highest BCUT2D eigenvalue weighted by atomic mass is 16.3. The van der Waals surface area contributed by atoms with Crippen molar-refractivity contribution in [2.45, 2.75) is 294 Å². The first-order chi connectivity index (χ1) is 42.0. The highest BCUT2D eigenvalue weighted by Crippen LogP contribution is 2.46. The summed E-state index contributed by atoms with van der Waals surface area (Å²) in [4.78, 5) is 98.9. The van der Waals surface area contributed by atoms with Gasteiger partial charge >= 0.3 is 11.8 Å². The molecule has 14 N–H and O–H groups in total. The van der Waals surface area contributed by atoms with Gasteiger partial charge in [0.05, 0.1) is 31.2 Å². The Balaban J connectivity index is 2.28.